The van der Waals surface area contributed by atoms with Gasteiger partial charge in [-0.1, -0.05) is 12.1 Å². The van der Waals surface area contributed by atoms with Crippen molar-refractivity contribution in [1.29, 1.82) is 0 Å². The molecule has 0 fully saturated rings. The van der Waals surface area contributed by atoms with Crippen molar-refractivity contribution in [3.05, 3.63) is 58.1 Å². The second-order valence-electron chi connectivity index (χ2n) is 4.35. The normalized spacial score (nSPS) is 10.7. The molecule has 0 aromatic heterocycles. The van der Waals surface area contributed by atoms with Gasteiger partial charge in [0.1, 0.15) is 11.5 Å². The molecule has 5 nitrogen and oxygen atoms in total. The maximum Gasteiger partial charge on any atom is 0.244 e. The molecule has 0 spiro atoms. The van der Waals surface area contributed by atoms with Crippen molar-refractivity contribution in [1.82, 2.24) is 5.43 Å². The van der Waals surface area contributed by atoms with Crippen molar-refractivity contribution in [3.63, 3.8) is 0 Å². The molecule has 6 heteroatoms. The Balaban J connectivity index is 1.93. The van der Waals surface area contributed by atoms with Gasteiger partial charge in [0.15, 0.2) is 0 Å². The molecule has 2 aromatic rings. The lowest BCUT2D eigenvalue weighted by atomic mass is 10.1. The van der Waals surface area contributed by atoms with Crippen LogP contribution in [0.25, 0.3) is 0 Å². The molecule has 3 N–H and O–H groups in total. The van der Waals surface area contributed by atoms with Gasteiger partial charge in [-0.3, -0.25) is 4.79 Å². The third-order valence-electron chi connectivity index (χ3n) is 2.65. The van der Waals surface area contributed by atoms with Crippen molar-refractivity contribution in [3.8, 4) is 11.5 Å². The van der Waals surface area contributed by atoms with Gasteiger partial charge >= 0.3 is 0 Å². The number of hydrogen-bond acceptors (Lipinski definition) is 4. The number of benzene rings is 2. The zero-order valence-electron chi connectivity index (χ0n) is 11.0. The van der Waals surface area contributed by atoms with Crippen LogP contribution in [0.15, 0.2) is 52.0 Å². The first kappa shape index (κ1) is 15.1. The summed E-state index contributed by atoms with van der Waals surface area (Å²) in [4.78, 5) is 11.7. The molecule has 0 saturated heterocycles. The van der Waals surface area contributed by atoms with Gasteiger partial charge in [-0.2, -0.15) is 5.10 Å². The number of halogens is 1. The lowest BCUT2D eigenvalue weighted by Crippen LogP contribution is -2.19. The Morgan fingerprint density at radius 1 is 1.19 bits per heavy atom. The van der Waals surface area contributed by atoms with E-state index in [1.165, 1.54) is 24.4 Å². The van der Waals surface area contributed by atoms with Gasteiger partial charge in [-0.15, -0.1) is 0 Å². The summed E-state index contributed by atoms with van der Waals surface area (Å²) in [5, 5.41) is 22.4. The number of nitrogens with one attached hydrogen (secondary N) is 1. The van der Waals surface area contributed by atoms with E-state index in [2.05, 4.69) is 26.5 Å². The van der Waals surface area contributed by atoms with Crippen LogP contribution in [0.2, 0.25) is 0 Å². The number of amides is 1. The molecule has 0 atom stereocenters. The molecule has 0 heterocycles. The number of phenols is 2. The highest BCUT2D eigenvalue weighted by atomic mass is 79.9. The Labute approximate surface area is 130 Å². The summed E-state index contributed by atoms with van der Waals surface area (Å²) in [6.07, 6.45) is 1.60. The fourth-order valence-electron chi connectivity index (χ4n) is 1.69. The first-order valence-electron chi connectivity index (χ1n) is 6.13. The average Bonchev–Trinajstić information content (AvgIpc) is 2.41. The van der Waals surface area contributed by atoms with Crippen LogP contribution >= 0.6 is 15.9 Å². The van der Waals surface area contributed by atoms with Gasteiger partial charge in [0, 0.05) is 10.0 Å². The molecule has 108 valence electrons. The molecule has 2 aromatic carbocycles. The molecule has 21 heavy (non-hydrogen) atoms. The highest BCUT2D eigenvalue weighted by Gasteiger charge is 2.03. The fourth-order valence-corrected chi connectivity index (χ4v) is 2.15. The Hall–Kier alpha value is -2.34. The number of phenolic OH excluding ortho intramolecular Hbond substituents is 2. The van der Waals surface area contributed by atoms with E-state index in [1.54, 1.807) is 24.3 Å². The number of hydrogen-bond donors (Lipinski definition) is 3. The van der Waals surface area contributed by atoms with Gasteiger partial charge in [0.25, 0.3) is 0 Å². The van der Waals surface area contributed by atoms with Crippen molar-refractivity contribution in [2.24, 2.45) is 5.10 Å². The number of nitrogens with zero attached hydrogens (tertiary/aromatic N) is 1. The minimum absolute atomic E-state index is 0.122. The quantitative estimate of drug-likeness (QED) is 0.586. The van der Waals surface area contributed by atoms with Crippen LogP contribution < -0.4 is 5.43 Å². The maximum atomic E-state index is 11.7. The molecule has 0 unspecified atom stereocenters. The van der Waals surface area contributed by atoms with Gasteiger partial charge in [0.05, 0.1) is 12.6 Å². The topological polar surface area (TPSA) is 81.9 Å². The van der Waals surface area contributed by atoms with Crippen LogP contribution in [0.1, 0.15) is 11.1 Å². The summed E-state index contributed by atoms with van der Waals surface area (Å²) in [6, 6.07) is 11.2. The number of hydrazone groups is 1. The molecule has 0 aliphatic heterocycles. The van der Waals surface area contributed by atoms with E-state index in [4.69, 9.17) is 0 Å². The van der Waals surface area contributed by atoms with E-state index < -0.39 is 0 Å². The van der Waals surface area contributed by atoms with Crippen LogP contribution in [0.5, 0.6) is 11.5 Å². The SMILES string of the molecule is O=C(Cc1cccc(O)c1)NN=Cc1ccc(O)cc1Br. The minimum Gasteiger partial charge on any atom is -0.508 e. The Kier molecular flexibility index (Phi) is 4.94. The molecular weight excluding hydrogens is 336 g/mol. The highest BCUT2D eigenvalue weighted by molar-refractivity contribution is 9.10. The van der Waals surface area contributed by atoms with Gasteiger partial charge < -0.3 is 10.2 Å². The Bertz CT molecular complexity index is 686. The summed E-state index contributed by atoms with van der Waals surface area (Å²) in [5.41, 5.74) is 3.84. The summed E-state index contributed by atoms with van der Waals surface area (Å²) in [5.74, 6) is -0.0180. The number of carbonyl (C=O) groups excluding carboxylic acids is 1. The Morgan fingerprint density at radius 2 is 1.95 bits per heavy atom. The third kappa shape index (κ3) is 4.61. The van der Waals surface area contributed by atoms with Crippen molar-refractivity contribution in [2.45, 2.75) is 6.42 Å². The predicted molar refractivity (Wildman–Crippen MR) is 83.4 cm³/mol. The Morgan fingerprint density at radius 3 is 2.67 bits per heavy atom. The van der Waals surface area contributed by atoms with Gasteiger partial charge in [-0.25, -0.2) is 5.43 Å². The van der Waals surface area contributed by atoms with Crippen molar-refractivity contribution < 1.29 is 15.0 Å². The predicted octanol–water partition coefficient (Wildman–Crippen LogP) is 2.55. The van der Waals surface area contributed by atoms with Crippen LogP contribution in [0, 0.1) is 0 Å². The zero-order valence-corrected chi connectivity index (χ0v) is 12.5. The number of carbonyl (C=O) groups is 1. The highest BCUT2D eigenvalue weighted by Crippen LogP contribution is 2.20. The summed E-state index contributed by atoms with van der Waals surface area (Å²) in [7, 11) is 0. The van der Waals surface area contributed by atoms with E-state index in [-0.39, 0.29) is 23.8 Å². The van der Waals surface area contributed by atoms with E-state index in [9.17, 15) is 15.0 Å². The first-order chi connectivity index (χ1) is 10.0. The van der Waals surface area contributed by atoms with Crippen LogP contribution in [0.3, 0.4) is 0 Å². The monoisotopic (exact) mass is 348 g/mol. The molecule has 0 saturated carbocycles. The minimum atomic E-state index is -0.285. The standard InChI is InChI=1S/C15H13BrN2O3/c16-14-8-13(20)5-4-11(14)9-17-18-15(21)7-10-2-1-3-12(19)6-10/h1-6,8-9,19-20H,7H2,(H,18,21). The number of rotatable bonds is 4. The lowest BCUT2D eigenvalue weighted by Gasteiger charge is -2.02. The van der Waals surface area contributed by atoms with Crippen LogP contribution in [-0.4, -0.2) is 22.3 Å². The lowest BCUT2D eigenvalue weighted by molar-refractivity contribution is -0.120. The fraction of sp³-hybridized carbons (Fsp3) is 0.0667. The molecule has 1 amide bonds. The van der Waals surface area contributed by atoms with E-state index in [0.29, 0.717) is 10.0 Å². The smallest absolute Gasteiger partial charge is 0.244 e. The second-order valence-corrected chi connectivity index (χ2v) is 5.20. The van der Waals surface area contributed by atoms with E-state index >= 15 is 0 Å². The van der Waals surface area contributed by atoms with Crippen LogP contribution in [0.4, 0.5) is 0 Å². The van der Waals surface area contributed by atoms with Crippen LogP contribution in [-0.2, 0) is 11.2 Å². The summed E-state index contributed by atoms with van der Waals surface area (Å²) in [6.45, 7) is 0. The molecule has 0 aliphatic carbocycles. The zero-order chi connectivity index (χ0) is 15.2. The third-order valence-corrected chi connectivity index (χ3v) is 3.34. The maximum absolute atomic E-state index is 11.7. The summed E-state index contributed by atoms with van der Waals surface area (Å²) >= 11 is 3.28. The first-order valence-corrected chi connectivity index (χ1v) is 6.92. The molecule has 0 aliphatic rings. The molecule has 2 rings (SSSR count). The largest absolute Gasteiger partial charge is 0.508 e. The van der Waals surface area contributed by atoms with Gasteiger partial charge in [-0.05, 0) is 51.8 Å². The number of aromatic hydroxyl groups is 2. The van der Waals surface area contributed by atoms with Crippen molar-refractivity contribution in [2.75, 3.05) is 0 Å². The summed E-state index contributed by atoms with van der Waals surface area (Å²) < 4.78 is 0.675. The molecule has 0 bridgehead atoms. The second kappa shape index (κ2) is 6.90. The van der Waals surface area contributed by atoms with Crippen molar-refractivity contribution >= 4 is 28.1 Å². The van der Waals surface area contributed by atoms with Gasteiger partial charge in [0.2, 0.25) is 5.91 Å². The molecular formula is C15H13BrN2O3. The molecule has 0 radical (unpaired) electrons. The average molecular weight is 349 g/mol. The van der Waals surface area contributed by atoms with E-state index in [1.807, 2.05) is 0 Å². The van der Waals surface area contributed by atoms with E-state index in [0.717, 1.165) is 5.56 Å².